The molecule has 0 radical (unpaired) electrons. The number of hydrogen-bond acceptors (Lipinski definition) is 3. The smallest absolute Gasteiger partial charge is 0.161 e. The van der Waals surface area contributed by atoms with Crippen LogP contribution in [0.15, 0.2) is 54.6 Å². The van der Waals surface area contributed by atoms with Crippen molar-refractivity contribution >= 4 is 6.08 Å². The molecule has 3 heteroatoms. The average molecular weight is 312 g/mol. The summed E-state index contributed by atoms with van der Waals surface area (Å²) in [6.45, 7) is 1.45. The highest BCUT2D eigenvalue weighted by atomic mass is 16.5. The minimum atomic E-state index is 0.681. The van der Waals surface area contributed by atoms with Crippen LogP contribution in [0, 0.1) is 0 Å². The fraction of sp³-hybridized carbons (Fsp3) is 0.300. The van der Waals surface area contributed by atoms with Crippen molar-refractivity contribution in [1.29, 1.82) is 0 Å². The Bertz CT molecular complexity index is 606. The third kappa shape index (κ3) is 5.80. The lowest BCUT2D eigenvalue weighted by Crippen LogP contribution is -1.94. The molecule has 0 amide bonds. The van der Waals surface area contributed by atoms with Crippen LogP contribution in [0.5, 0.6) is 11.5 Å². The zero-order valence-electron chi connectivity index (χ0n) is 13.8. The molecule has 0 bridgehead atoms. The molecule has 0 aliphatic carbocycles. The van der Waals surface area contributed by atoms with Crippen LogP contribution >= 0.6 is 0 Å². The van der Waals surface area contributed by atoms with Crippen molar-refractivity contribution < 1.29 is 14.2 Å². The predicted octanol–water partition coefficient (Wildman–Crippen LogP) is 4.71. The Morgan fingerprint density at radius 1 is 0.913 bits per heavy atom. The van der Waals surface area contributed by atoms with Crippen molar-refractivity contribution in [3.8, 4) is 11.5 Å². The topological polar surface area (TPSA) is 27.7 Å². The Kier molecular flexibility index (Phi) is 7.21. The Hall–Kier alpha value is -2.26. The molecule has 0 atom stereocenters. The van der Waals surface area contributed by atoms with Gasteiger partial charge in [-0.2, -0.15) is 0 Å². The van der Waals surface area contributed by atoms with Crippen LogP contribution in [-0.2, 0) is 11.3 Å². The summed E-state index contributed by atoms with van der Waals surface area (Å²) < 4.78 is 16.2. The van der Waals surface area contributed by atoms with E-state index >= 15 is 0 Å². The summed E-state index contributed by atoms with van der Waals surface area (Å²) >= 11 is 0. The first kappa shape index (κ1) is 17.1. The van der Waals surface area contributed by atoms with Gasteiger partial charge in [0, 0.05) is 6.61 Å². The van der Waals surface area contributed by atoms with Crippen LogP contribution in [0.4, 0.5) is 0 Å². The molecule has 0 aromatic heterocycles. The van der Waals surface area contributed by atoms with E-state index in [2.05, 4.69) is 24.3 Å². The SMILES string of the molecule is COc1ccc(C=CCCCOCc2ccccc2)cc1OC. The van der Waals surface area contributed by atoms with Crippen molar-refractivity contribution in [1.82, 2.24) is 0 Å². The van der Waals surface area contributed by atoms with Gasteiger partial charge in [-0.1, -0.05) is 48.6 Å². The van der Waals surface area contributed by atoms with Gasteiger partial charge >= 0.3 is 0 Å². The number of allylic oxidation sites excluding steroid dienone is 1. The quantitative estimate of drug-likeness (QED) is 0.627. The monoisotopic (exact) mass is 312 g/mol. The Labute approximate surface area is 138 Å². The zero-order valence-corrected chi connectivity index (χ0v) is 13.8. The van der Waals surface area contributed by atoms with Gasteiger partial charge in [0.05, 0.1) is 20.8 Å². The first-order chi connectivity index (χ1) is 11.3. The fourth-order valence-electron chi connectivity index (χ4n) is 2.24. The summed E-state index contributed by atoms with van der Waals surface area (Å²) in [4.78, 5) is 0. The maximum atomic E-state index is 5.67. The van der Waals surface area contributed by atoms with E-state index in [9.17, 15) is 0 Å². The van der Waals surface area contributed by atoms with Gasteiger partial charge in [0.1, 0.15) is 0 Å². The largest absolute Gasteiger partial charge is 0.493 e. The average Bonchev–Trinajstić information content (AvgIpc) is 2.61. The summed E-state index contributed by atoms with van der Waals surface area (Å²) in [6.07, 6.45) is 6.26. The molecule has 2 aromatic rings. The standard InChI is InChI=1S/C20H24O3/c1-21-19-13-12-17(15-20(19)22-2)9-7-4-8-14-23-16-18-10-5-3-6-11-18/h3,5-7,9-13,15H,4,8,14,16H2,1-2H3. The molecule has 122 valence electrons. The lowest BCUT2D eigenvalue weighted by molar-refractivity contribution is 0.119. The van der Waals surface area contributed by atoms with E-state index in [-0.39, 0.29) is 0 Å². The van der Waals surface area contributed by atoms with Crippen LogP contribution in [0.2, 0.25) is 0 Å². The van der Waals surface area contributed by atoms with Gasteiger partial charge in [-0.3, -0.25) is 0 Å². The van der Waals surface area contributed by atoms with E-state index in [0.717, 1.165) is 36.5 Å². The summed E-state index contributed by atoms with van der Waals surface area (Å²) in [5, 5.41) is 0. The highest BCUT2D eigenvalue weighted by molar-refractivity contribution is 5.55. The van der Waals surface area contributed by atoms with Crippen LogP contribution in [0.3, 0.4) is 0 Å². The van der Waals surface area contributed by atoms with Gasteiger partial charge in [-0.15, -0.1) is 0 Å². The zero-order chi connectivity index (χ0) is 16.3. The van der Waals surface area contributed by atoms with Crippen LogP contribution in [-0.4, -0.2) is 20.8 Å². The number of rotatable bonds is 9. The van der Waals surface area contributed by atoms with Gasteiger partial charge in [0.2, 0.25) is 0 Å². The van der Waals surface area contributed by atoms with Gasteiger partial charge in [-0.05, 0) is 36.1 Å². The van der Waals surface area contributed by atoms with Crippen molar-refractivity contribution in [3.63, 3.8) is 0 Å². The molecule has 23 heavy (non-hydrogen) atoms. The molecule has 2 rings (SSSR count). The Morgan fingerprint density at radius 2 is 1.70 bits per heavy atom. The number of ether oxygens (including phenoxy) is 3. The molecule has 0 fully saturated rings. The molecule has 0 unspecified atom stereocenters. The van der Waals surface area contributed by atoms with Crippen molar-refractivity contribution in [2.45, 2.75) is 19.4 Å². The van der Waals surface area contributed by atoms with E-state index in [4.69, 9.17) is 14.2 Å². The molecule has 0 saturated heterocycles. The lowest BCUT2D eigenvalue weighted by atomic mass is 10.1. The molecule has 3 nitrogen and oxygen atoms in total. The van der Waals surface area contributed by atoms with E-state index < -0.39 is 0 Å². The van der Waals surface area contributed by atoms with Crippen molar-refractivity contribution in [3.05, 3.63) is 65.7 Å². The fourth-order valence-corrected chi connectivity index (χ4v) is 2.24. The van der Waals surface area contributed by atoms with Gasteiger partial charge in [0.25, 0.3) is 0 Å². The molecule has 0 spiro atoms. The first-order valence-corrected chi connectivity index (χ1v) is 7.83. The maximum absolute atomic E-state index is 5.67. The third-order valence-corrected chi connectivity index (χ3v) is 3.49. The minimum Gasteiger partial charge on any atom is -0.493 e. The summed E-state index contributed by atoms with van der Waals surface area (Å²) in [6, 6.07) is 16.2. The molecule has 2 aromatic carbocycles. The molecule has 0 aliphatic rings. The number of unbranched alkanes of at least 4 members (excludes halogenated alkanes) is 1. The van der Waals surface area contributed by atoms with Crippen LogP contribution < -0.4 is 9.47 Å². The number of benzene rings is 2. The van der Waals surface area contributed by atoms with E-state index in [1.165, 1.54) is 5.56 Å². The number of hydrogen-bond donors (Lipinski definition) is 0. The summed E-state index contributed by atoms with van der Waals surface area (Å²) in [5.41, 5.74) is 2.32. The van der Waals surface area contributed by atoms with Crippen LogP contribution in [0.1, 0.15) is 24.0 Å². The summed E-state index contributed by atoms with van der Waals surface area (Å²) in [5.74, 6) is 1.50. The minimum absolute atomic E-state index is 0.681. The maximum Gasteiger partial charge on any atom is 0.161 e. The van der Waals surface area contributed by atoms with E-state index in [1.54, 1.807) is 14.2 Å². The van der Waals surface area contributed by atoms with Gasteiger partial charge in [0.15, 0.2) is 11.5 Å². The third-order valence-electron chi connectivity index (χ3n) is 3.49. The highest BCUT2D eigenvalue weighted by Gasteiger charge is 2.02. The number of methoxy groups -OCH3 is 2. The van der Waals surface area contributed by atoms with Gasteiger partial charge < -0.3 is 14.2 Å². The second kappa shape index (κ2) is 9.70. The first-order valence-electron chi connectivity index (χ1n) is 7.83. The molecule has 0 saturated carbocycles. The lowest BCUT2D eigenvalue weighted by Gasteiger charge is -2.07. The predicted molar refractivity (Wildman–Crippen MR) is 93.9 cm³/mol. The molecular weight excluding hydrogens is 288 g/mol. The normalized spacial score (nSPS) is 10.9. The van der Waals surface area contributed by atoms with Gasteiger partial charge in [-0.25, -0.2) is 0 Å². The molecule has 0 N–H and O–H groups in total. The Balaban J connectivity index is 1.68. The molecular formula is C20H24O3. The highest BCUT2D eigenvalue weighted by Crippen LogP contribution is 2.28. The summed E-state index contributed by atoms with van der Waals surface area (Å²) in [7, 11) is 3.29. The van der Waals surface area contributed by atoms with Crippen LogP contribution in [0.25, 0.3) is 6.08 Å². The molecule has 0 heterocycles. The van der Waals surface area contributed by atoms with E-state index in [1.807, 2.05) is 36.4 Å². The second-order valence-electron chi connectivity index (χ2n) is 5.20. The molecule has 0 aliphatic heterocycles. The van der Waals surface area contributed by atoms with Crippen molar-refractivity contribution in [2.75, 3.05) is 20.8 Å². The van der Waals surface area contributed by atoms with Crippen molar-refractivity contribution in [2.24, 2.45) is 0 Å². The second-order valence-corrected chi connectivity index (χ2v) is 5.20. The Morgan fingerprint density at radius 3 is 2.43 bits per heavy atom. The van der Waals surface area contributed by atoms with E-state index in [0.29, 0.717) is 6.61 Å².